The number of ether oxygens (including phenoxy) is 2. The molecule has 0 aliphatic heterocycles. The van der Waals surface area contributed by atoms with Crippen LogP contribution in [0.15, 0.2) is 18.2 Å². The molecule has 0 bridgehead atoms. The number of phenols is 1. The third kappa shape index (κ3) is 2.60. The standard InChI is InChI=1S/C14H21NO3/c1-17-12-6-3-5-11(13(12)16)9-15-10-14(18-2)7-4-8-14/h3,5-6,15-16H,4,7-10H2,1-2H3. The summed E-state index contributed by atoms with van der Waals surface area (Å²) >= 11 is 0. The first-order chi connectivity index (χ1) is 8.71. The first kappa shape index (κ1) is 13.2. The van der Waals surface area contributed by atoms with Crippen LogP contribution in [-0.4, -0.2) is 31.5 Å². The third-order valence-electron chi connectivity index (χ3n) is 3.76. The third-order valence-corrected chi connectivity index (χ3v) is 3.76. The van der Waals surface area contributed by atoms with Crippen LogP contribution >= 0.6 is 0 Å². The average Bonchev–Trinajstić information content (AvgIpc) is 2.34. The summed E-state index contributed by atoms with van der Waals surface area (Å²) in [5.41, 5.74) is 0.856. The molecule has 0 aromatic heterocycles. The second-order valence-corrected chi connectivity index (χ2v) is 4.81. The lowest BCUT2D eigenvalue weighted by Gasteiger charge is -2.40. The topological polar surface area (TPSA) is 50.7 Å². The smallest absolute Gasteiger partial charge is 0.162 e. The van der Waals surface area contributed by atoms with Crippen molar-refractivity contribution in [1.29, 1.82) is 0 Å². The lowest BCUT2D eigenvalue weighted by atomic mass is 9.80. The zero-order valence-corrected chi connectivity index (χ0v) is 11.0. The van der Waals surface area contributed by atoms with E-state index in [0.717, 1.165) is 24.9 Å². The monoisotopic (exact) mass is 251 g/mol. The number of aromatic hydroxyl groups is 1. The molecule has 2 rings (SSSR count). The lowest BCUT2D eigenvalue weighted by Crippen LogP contribution is -2.47. The van der Waals surface area contributed by atoms with Gasteiger partial charge in [0.25, 0.3) is 0 Å². The normalized spacial score (nSPS) is 17.2. The fraction of sp³-hybridized carbons (Fsp3) is 0.571. The summed E-state index contributed by atoms with van der Waals surface area (Å²) in [5.74, 6) is 0.729. The minimum absolute atomic E-state index is 0.00842. The van der Waals surface area contributed by atoms with Crippen LogP contribution in [0.1, 0.15) is 24.8 Å². The molecule has 0 spiro atoms. The Bertz CT molecular complexity index is 397. The first-order valence-electron chi connectivity index (χ1n) is 6.31. The molecule has 1 aliphatic carbocycles. The number of hydrogen-bond donors (Lipinski definition) is 2. The van der Waals surface area contributed by atoms with Gasteiger partial charge in [0.05, 0.1) is 12.7 Å². The SMILES string of the molecule is COc1cccc(CNCC2(OC)CCC2)c1O. The Kier molecular flexibility index (Phi) is 4.09. The summed E-state index contributed by atoms with van der Waals surface area (Å²) in [6.07, 6.45) is 3.46. The molecule has 0 saturated heterocycles. The van der Waals surface area contributed by atoms with E-state index in [4.69, 9.17) is 9.47 Å². The van der Waals surface area contributed by atoms with E-state index in [2.05, 4.69) is 5.32 Å². The molecule has 0 unspecified atom stereocenters. The summed E-state index contributed by atoms with van der Waals surface area (Å²) in [4.78, 5) is 0. The molecule has 0 amide bonds. The molecule has 4 heteroatoms. The van der Waals surface area contributed by atoms with Crippen LogP contribution in [0.2, 0.25) is 0 Å². The number of phenolic OH excluding ortho intramolecular Hbond substituents is 1. The molecule has 1 fully saturated rings. The summed E-state index contributed by atoms with van der Waals surface area (Å²) in [5, 5.41) is 13.3. The van der Waals surface area contributed by atoms with Gasteiger partial charge in [0, 0.05) is 25.8 Å². The predicted octanol–water partition coefficient (Wildman–Crippen LogP) is 2.06. The number of rotatable bonds is 6. The van der Waals surface area contributed by atoms with E-state index < -0.39 is 0 Å². The maximum absolute atomic E-state index is 9.95. The van der Waals surface area contributed by atoms with Crippen LogP contribution in [0.3, 0.4) is 0 Å². The van der Waals surface area contributed by atoms with Gasteiger partial charge in [-0.15, -0.1) is 0 Å². The Morgan fingerprint density at radius 2 is 2.11 bits per heavy atom. The van der Waals surface area contributed by atoms with Gasteiger partial charge in [-0.3, -0.25) is 0 Å². The summed E-state index contributed by atoms with van der Waals surface area (Å²) in [6, 6.07) is 5.53. The van der Waals surface area contributed by atoms with Crippen molar-refractivity contribution in [3.63, 3.8) is 0 Å². The second kappa shape index (κ2) is 5.59. The highest BCUT2D eigenvalue weighted by molar-refractivity contribution is 5.45. The van der Waals surface area contributed by atoms with E-state index in [1.807, 2.05) is 12.1 Å². The van der Waals surface area contributed by atoms with Crippen molar-refractivity contribution in [2.75, 3.05) is 20.8 Å². The largest absolute Gasteiger partial charge is 0.504 e. The molecule has 18 heavy (non-hydrogen) atoms. The van der Waals surface area contributed by atoms with Gasteiger partial charge < -0.3 is 19.9 Å². The van der Waals surface area contributed by atoms with Gasteiger partial charge in [0.1, 0.15) is 0 Å². The van der Waals surface area contributed by atoms with Crippen molar-refractivity contribution in [2.24, 2.45) is 0 Å². The van der Waals surface area contributed by atoms with E-state index in [1.165, 1.54) is 6.42 Å². The quantitative estimate of drug-likeness (QED) is 0.812. The Labute approximate surface area is 108 Å². The van der Waals surface area contributed by atoms with Crippen molar-refractivity contribution in [3.8, 4) is 11.5 Å². The average molecular weight is 251 g/mol. The molecule has 4 nitrogen and oxygen atoms in total. The summed E-state index contributed by atoms with van der Waals surface area (Å²) < 4.78 is 10.6. The Morgan fingerprint density at radius 1 is 1.33 bits per heavy atom. The van der Waals surface area contributed by atoms with E-state index in [9.17, 15) is 5.11 Å². The van der Waals surface area contributed by atoms with Crippen molar-refractivity contribution in [1.82, 2.24) is 5.32 Å². The highest BCUT2D eigenvalue weighted by Crippen LogP contribution is 2.34. The zero-order chi connectivity index (χ0) is 13.0. The molecular formula is C14H21NO3. The first-order valence-corrected chi connectivity index (χ1v) is 6.31. The molecule has 0 radical (unpaired) electrons. The van der Waals surface area contributed by atoms with Gasteiger partial charge >= 0.3 is 0 Å². The van der Waals surface area contributed by atoms with Crippen LogP contribution in [0, 0.1) is 0 Å². The maximum atomic E-state index is 9.95. The number of benzene rings is 1. The van der Waals surface area contributed by atoms with Crippen LogP contribution in [0.25, 0.3) is 0 Å². The molecule has 1 aromatic rings. The van der Waals surface area contributed by atoms with Gasteiger partial charge in [-0.2, -0.15) is 0 Å². The van der Waals surface area contributed by atoms with Gasteiger partial charge in [-0.05, 0) is 25.3 Å². The predicted molar refractivity (Wildman–Crippen MR) is 70.0 cm³/mol. The Hall–Kier alpha value is -1.26. The number of nitrogens with one attached hydrogen (secondary N) is 1. The lowest BCUT2D eigenvalue weighted by molar-refractivity contribution is -0.0695. The van der Waals surface area contributed by atoms with Crippen LogP contribution < -0.4 is 10.1 Å². The van der Waals surface area contributed by atoms with E-state index in [1.54, 1.807) is 20.3 Å². The van der Waals surface area contributed by atoms with Crippen LogP contribution in [0.4, 0.5) is 0 Å². The zero-order valence-electron chi connectivity index (χ0n) is 11.0. The van der Waals surface area contributed by atoms with E-state index >= 15 is 0 Å². The molecule has 0 atom stereocenters. The summed E-state index contributed by atoms with van der Waals surface area (Å²) in [6.45, 7) is 1.44. The van der Waals surface area contributed by atoms with Gasteiger partial charge in [-0.1, -0.05) is 12.1 Å². The fourth-order valence-electron chi connectivity index (χ4n) is 2.32. The minimum atomic E-state index is 0.00842. The van der Waals surface area contributed by atoms with Crippen LogP contribution in [-0.2, 0) is 11.3 Å². The molecule has 1 aromatic carbocycles. The fourth-order valence-corrected chi connectivity index (χ4v) is 2.32. The minimum Gasteiger partial charge on any atom is -0.504 e. The second-order valence-electron chi connectivity index (χ2n) is 4.81. The molecule has 1 aliphatic rings. The number of methoxy groups -OCH3 is 2. The van der Waals surface area contributed by atoms with Crippen molar-refractivity contribution in [3.05, 3.63) is 23.8 Å². The molecule has 2 N–H and O–H groups in total. The van der Waals surface area contributed by atoms with Gasteiger partial charge in [0.2, 0.25) is 0 Å². The highest BCUT2D eigenvalue weighted by atomic mass is 16.5. The molecular weight excluding hydrogens is 230 g/mol. The number of hydrogen-bond acceptors (Lipinski definition) is 4. The Balaban J connectivity index is 1.90. The molecule has 0 heterocycles. The van der Waals surface area contributed by atoms with Gasteiger partial charge in [0.15, 0.2) is 11.5 Å². The summed E-state index contributed by atoms with van der Waals surface area (Å²) in [7, 11) is 3.32. The Morgan fingerprint density at radius 3 is 2.67 bits per heavy atom. The van der Waals surface area contributed by atoms with Crippen molar-refractivity contribution < 1.29 is 14.6 Å². The van der Waals surface area contributed by atoms with Crippen molar-refractivity contribution >= 4 is 0 Å². The van der Waals surface area contributed by atoms with E-state index in [-0.39, 0.29) is 11.4 Å². The maximum Gasteiger partial charge on any atom is 0.162 e. The van der Waals surface area contributed by atoms with Gasteiger partial charge in [-0.25, -0.2) is 0 Å². The molecule has 100 valence electrons. The highest BCUT2D eigenvalue weighted by Gasteiger charge is 2.36. The van der Waals surface area contributed by atoms with E-state index in [0.29, 0.717) is 12.3 Å². The molecule has 1 saturated carbocycles. The van der Waals surface area contributed by atoms with Crippen LogP contribution in [0.5, 0.6) is 11.5 Å². The number of para-hydroxylation sites is 1. The van der Waals surface area contributed by atoms with Crippen molar-refractivity contribution in [2.45, 2.75) is 31.4 Å².